The van der Waals surface area contributed by atoms with Crippen molar-refractivity contribution in [2.75, 3.05) is 0 Å². The van der Waals surface area contributed by atoms with Crippen molar-refractivity contribution in [1.29, 1.82) is 0 Å². The molecule has 0 saturated heterocycles. The summed E-state index contributed by atoms with van der Waals surface area (Å²) in [6, 6.07) is 12.1. The average Bonchev–Trinajstić information content (AvgIpc) is 2.95. The van der Waals surface area contributed by atoms with E-state index in [1.165, 1.54) is 12.1 Å². The normalized spacial score (nSPS) is 12.9. The molecular formula is C32H43NO9. The minimum atomic E-state index is -1.06. The zero-order chi connectivity index (χ0) is 30.9. The van der Waals surface area contributed by atoms with Crippen LogP contribution in [-0.2, 0) is 30.3 Å². The molecule has 2 aromatic rings. The van der Waals surface area contributed by atoms with Crippen LogP contribution in [-0.4, -0.2) is 42.3 Å². The predicted octanol–water partition coefficient (Wildman–Crippen LogP) is 6.06. The fourth-order valence-corrected chi connectivity index (χ4v) is 3.79. The van der Waals surface area contributed by atoms with Gasteiger partial charge in [0.1, 0.15) is 24.0 Å². The van der Waals surface area contributed by atoms with Crippen molar-refractivity contribution < 1.29 is 42.9 Å². The van der Waals surface area contributed by atoms with Crippen molar-refractivity contribution in [1.82, 2.24) is 0 Å². The van der Waals surface area contributed by atoms with Crippen molar-refractivity contribution in [2.24, 2.45) is 5.73 Å². The summed E-state index contributed by atoms with van der Waals surface area (Å²) in [6.45, 7) is 7.22. The van der Waals surface area contributed by atoms with Crippen molar-refractivity contribution in [3.8, 4) is 17.2 Å². The molecule has 2 rings (SSSR count). The summed E-state index contributed by atoms with van der Waals surface area (Å²) in [5.74, 6) is -1.03. The van der Waals surface area contributed by atoms with Crippen LogP contribution in [0, 0.1) is 0 Å². The SMILES string of the molecule is CCCCCC(=O)Oc1ccc(C[C@H](N)C(=O)O[C@@H](C)[C@H](C)OC(=O)Oc2ccccc2)cc1OC(=O)CCCCC. The Bertz CT molecular complexity index is 1150. The quantitative estimate of drug-likeness (QED) is 0.101. The minimum Gasteiger partial charge on any atom is -0.458 e. The first-order valence-corrected chi connectivity index (χ1v) is 14.6. The average molecular weight is 586 g/mol. The third-order valence-corrected chi connectivity index (χ3v) is 6.37. The van der Waals surface area contributed by atoms with Crippen LogP contribution < -0.4 is 19.9 Å². The molecule has 230 valence electrons. The molecule has 2 N–H and O–H groups in total. The number of hydrogen-bond donors (Lipinski definition) is 1. The second-order valence-electron chi connectivity index (χ2n) is 10.1. The first-order chi connectivity index (χ1) is 20.1. The van der Waals surface area contributed by atoms with E-state index in [0.717, 1.165) is 25.7 Å². The predicted molar refractivity (Wildman–Crippen MR) is 156 cm³/mol. The zero-order valence-electron chi connectivity index (χ0n) is 25.0. The molecule has 3 atom stereocenters. The van der Waals surface area contributed by atoms with Crippen LogP contribution in [0.25, 0.3) is 0 Å². The minimum absolute atomic E-state index is 0.0575. The van der Waals surface area contributed by atoms with Crippen LogP contribution in [0.5, 0.6) is 17.2 Å². The molecule has 10 heteroatoms. The van der Waals surface area contributed by atoms with Gasteiger partial charge in [-0.3, -0.25) is 14.4 Å². The van der Waals surface area contributed by atoms with Crippen LogP contribution in [0.1, 0.15) is 84.6 Å². The number of hydrogen-bond acceptors (Lipinski definition) is 10. The fourth-order valence-electron chi connectivity index (χ4n) is 3.79. The summed E-state index contributed by atoms with van der Waals surface area (Å²) < 4.78 is 26.8. The second kappa shape index (κ2) is 18.5. The Labute approximate surface area is 247 Å². The van der Waals surface area contributed by atoms with Crippen molar-refractivity contribution in [3.05, 3.63) is 54.1 Å². The van der Waals surface area contributed by atoms with Crippen LogP contribution in [0.3, 0.4) is 0 Å². The van der Waals surface area contributed by atoms with E-state index in [1.54, 1.807) is 50.2 Å². The number of para-hydroxylation sites is 1. The molecule has 0 aliphatic rings. The fraction of sp³-hybridized carbons (Fsp3) is 0.500. The van der Waals surface area contributed by atoms with Crippen LogP contribution >= 0.6 is 0 Å². The highest BCUT2D eigenvalue weighted by Crippen LogP contribution is 2.30. The van der Waals surface area contributed by atoms with E-state index in [4.69, 9.17) is 29.4 Å². The number of unbranched alkanes of at least 4 members (excludes halogenated alkanes) is 4. The lowest BCUT2D eigenvalue weighted by molar-refractivity contribution is -0.155. The molecule has 0 spiro atoms. The Morgan fingerprint density at radius 2 is 1.29 bits per heavy atom. The van der Waals surface area contributed by atoms with E-state index in [1.807, 2.05) is 13.8 Å². The second-order valence-corrected chi connectivity index (χ2v) is 10.1. The number of ether oxygens (including phenoxy) is 5. The molecule has 42 heavy (non-hydrogen) atoms. The summed E-state index contributed by atoms with van der Waals surface area (Å²) in [7, 11) is 0. The summed E-state index contributed by atoms with van der Waals surface area (Å²) in [4.78, 5) is 49.5. The summed E-state index contributed by atoms with van der Waals surface area (Å²) >= 11 is 0. The summed E-state index contributed by atoms with van der Waals surface area (Å²) in [5.41, 5.74) is 6.69. The highest BCUT2D eigenvalue weighted by molar-refractivity contribution is 5.77. The lowest BCUT2D eigenvalue weighted by Crippen LogP contribution is -2.39. The Morgan fingerprint density at radius 3 is 1.88 bits per heavy atom. The molecule has 0 heterocycles. The van der Waals surface area contributed by atoms with E-state index in [-0.39, 0.29) is 30.8 Å². The first-order valence-electron chi connectivity index (χ1n) is 14.6. The van der Waals surface area contributed by atoms with Crippen molar-refractivity contribution in [2.45, 2.75) is 104 Å². The van der Waals surface area contributed by atoms with E-state index in [9.17, 15) is 19.2 Å². The molecule has 0 aliphatic heterocycles. The third kappa shape index (κ3) is 12.7. The zero-order valence-corrected chi connectivity index (χ0v) is 25.0. The Kier molecular flexibility index (Phi) is 15.1. The van der Waals surface area contributed by atoms with Gasteiger partial charge in [0, 0.05) is 12.8 Å². The van der Waals surface area contributed by atoms with Gasteiger partial charge in [-0.1, -0.05) is 63.8 Å². The molecule has 0 saturated carbocycles. The number of carbonyl (C=O) groups excluding carboxylic acids is 4. The van der Waals surface area contributed by atoms with E-state index >= 15 is 0 Å². The van der Waals surface area contributed by atoms with Crippen LogP contribution in [0.2, 0.25) is 0 Å². The molecule has 0 radical (unpaired) electrons. The highest BCUT2D eigenvalue weighted by Gasteiger charge is 2.25. The maximum atomic E-state index is 12.7. The number of benzene rings is 2. The molecule has 0 amide bonds. The van der Waals surface area contributed by atoms with Gasteiger partial charge >= 0.3 is 24.1 Å². The van der Waals surface area contributed by atoms with Crippen LogP contribution in [0.4, 0.5) is 4.79 Å². The molecule has 0 bridgehead atoms. The first kappa shape index (κ1) is 34.3. The Hall–Kier alpha value is -3.92. The largest absolute Gasteiger partial charge is 0.514 e. The van der Waals surface area contributed by atoms with Gasteiger partial charge in [0.05, 0.1) is 0 Å². The number of nitrogens with two attached hydrogens (primary N) is 1. The van der Waals surface area contributed by atoms with Gasteiger partial charge in [0.2, 0.25) is 0 Å². The van der Waals surface area contributed by atoms with E-state index < -0.39 is 42.3 Å². The standard InChI is InChI=1S/C32H43NO9/c1-5-7-10-16-29(34)41-27-19-18-24(21-28(27)42-30(35)17-11-8-6-2)20-26(33)31(36)38-22(3)23(4)39-32(37)40-25-14-12-9-13-15-25/h9,12-15,18-19,21-23,26H,5-8,10-11,16-17,20,33H2,1-4H3/t22-,23-,26-/m0/s1. The smallest absolute Gasteiger partial charge is 0.458 e. The molecule has 2 aromatic carbocycles. The lowest BCUT2D eigenvalue weighted by atomic mass is 10.1. The van der Waals surface area contributed by atoms with E-state index in [2.05, 4.69) is 0 Å². The maximum Gasteiger partial charge on any atom is 0.514 e. The van der Waals surface area contributed by atoms with Gasteiger partial charge in [0.15, 0.2) is 11.5 Å². The van der Waals surface area contributed by atoms with Crippen molar-refractivity contribution >= 4 is 24.1 Å². The van der Waals surface area contributed by atoms with Gasteiger partial charge in [-0.2, -0.15) is 0 Å². The number of carbonyl (C=O) groups is 4. The van der Waals surface area contributed by atoms with Crippen LogP contribution in [0.15, 0.2) is 48.5 Å². The van der Waals surface area contributed by atoms with E-state index in [0.29, 0.717) is 24.2 Å². The number of rotatable bonds is 17. The van der Waals surface area contributed by atoms with Gasteiger partial charge in [0.25, 0.3) is 0 Å². The highest BCUT2D eigenvalue weighted by atomic mass is 16.7. The topological polar surface area (TPSA) is 140 Å². The molecule has 0 aliphatic carbocycles. The van der Waals surface area contributed by atoms with Gasteiger partial charge < -0.3 is 29.4 Å². The molecule has 10 nitrogen and oxygen atoms in total. The summed E-state index contributed by atoms with van der Waals surface area (Å²) in [6.07, 6.45) is 3.11. The third-order valence-electron chi connectivity index (χ3n) is 6.37. The number of esters is 3. The van der Waals surface area contributed by atoms with Gasteiger partial charge in [-0.05, 0) is 62.9 Å². The molecule has 0 fully saturated rings. The lowest BCUT2D eigenvalue weighted by Gasteiger charge is -2.22. The van der Waals surface area contributed by atoms with Crippen molar-refractivity contribution in [3.63, 3.8) is 0 Å². The maximum absolute atomic E-state index is 12.7. The Morgan fingerprint density at radius 1 is 0.714 bits per heavy atom. The van der Waals surface area contributed by atoms with Gasteiger partial charge in [-0.25, -0.2) is 4.79 Å². The molecular weight excluding hydrogens is 542 g/mol. The summed E-state index contributed by atoms with van der Waals surface area (Å²) in [5, 5.41) is 0. The monoisotopic (exact) mass is 585 g/mol. The molecule has 0 unspecified atom stereocenters. The van der Waals surface area contributed by atoms with Gasteiger partial charge in [-0.15, -0.1) is 0 Å². The Balaban J connectivity index is 2.00. The molecule has 0 aromatic heterocycles.